The summed E-state index contributed by atoms with van der Waals surface area (Å²) < 4.78 is 0.984. The number of nitrogens with zero attached hydrogens (tertiary/aromatic N) is 2. The Morgan fingerprint density at radius 2 is 2.00 bits per heavy atom. The van der Waals surface area contributed by atoms with E-state index in [1.54, 1.807) is 4.90 Å². The van der Waals surface area contributed by atoms with Crippen molar-refractivity contribution >= 4 is 27.5 Å². The van der Waals surface area contributed by atoms with E-state index >= 15 is 0 Å². The number of hydrogen-bond donors (Lipinski definition) is 1. The van der Waals surface area contributed by atoms with Gasteiger partial charge in [0, 0.05) is 30.7 Å². The molecule has 1 aliphatic rings. The Labute approximate surface area is 129 Å². The highest BCUT2D eigenvalue weighted by atomic mass is 79.9. The van der Waals surface area contributed by atoms with E-state index in [4.69, 9.17) is 5.73 Å². The average Bonchev–Trinajstić information content (AvgIpc) is 2.37. The van der Waals surface area contributed by atoms with E-state index in [-0.39, 0.29) is 11.9 Å². The van der Waals surface area contributed by atoms with Crippen LogP contribution in [-0.4, -0.2) is 36.5 Å². The summed E-state index contributed by atoms with van der Waals surface area (Å²) >= 11 is 3.62. The molecular weight excluding hydrogens is 318 g/mol. The zero-order valence-corrected chi connectivity index (χ0v) is 14.1. The maximum atomic E-state index is 12.4. The summed E-state index contributed by atoms with van der Waals surface area (Å²) in [7, 11) is 1.86. The molecule has 2 rings (SSSR count). The van der Waals surface area contributed by atoms with E-state index in [9.17, 15) is 4.79 Å². The van der Waals surface area contributed by atoms with Gasteiger partial charge >= 0.3 is 0 Å². The fraction of sp³-hybridized carbons (Fsp3) is 0.533. The number of nitrogens with two attached hydrogens (primary N) is 1. The van der Waals surface area contributed by atoms with Crippen LogP contribution in [0.1, 0.15) is 32.4 Å². The van der Waals surface area contributed by atoms with E-state index in [2.05, 4.69) is 20.8 Å². The molecule has 1 aliphatic heterocycles. The predicted molar refractivity (Wildman–Crippen MR) is 85.8 cm³/mol. The number of hydrogen-bond acceptors (Lipinski definition) is 3. The van der Waals surface area contributed by atoms with E-state index < -0.39 is 5.54 Å². The summed E-state index contributed by atoms with van der Waals surface area (Å²) in [5, 5.41) is 0. The Morgan fingerprint density at radius 1 is 1.35 bits per heavy atom. The molecule has 2 N–H and O–H groups in total. The molecule has 1 atom stereocenters. The molecule has 0 aliphatic carbocycles. The van der Waals surface area contributed by atoms with Crippen LogP contribution in [0.2, 0.25) is 0 Å². The average molecular weight is 340 g/mol. The van der Waals surface area contributed by atoms with Crippen LogP contribution in [0.25, 0.3) is 0 Å². The van der Waals surface area contributed by atoms with Crippen LogP contribution in [0.15, 0.2) is 22.7 Å². The number of anilines is 1. The summed E-state index contributed by atoms with van der Waals surface area (Å²) in [4.78, 5) is 16.3. The monoisotopic (exact) mass is 339 g/mol. The van der Waals surface area contributed by atoms with E-state index in [0.717, 1.165) is 28.8 Å². The fourth-order valence-electron chi connectivity index (χ4n) is 2.66. The zero-order valence-electron chi connectivity index (χ0n) is 12.5. The lowest BCUT2D eigenvalue weighted by atomic mass is 9.96. The summed E-state index contributed by atoms with van der Waals surface area (Å²) in [5.41, 5.74) is 7.50. The van der Waals surface area contributed by atoms with E-state index in [1.807, 2.05) is 46.0 Å². The topological polar surface area (TPSA) is 49.6 Å². The lowest BCUT2D eigenvalue weighted by Crippen LogP contribution is -2.62. The molecule has 110 valence electrons. The molecule has 0 aromatic heterocycles. The summed E-state index contributed by atoms with van der Waals surface area (Å²) in [6.07, 6.45) is 0. The van der Waals surface area contributed by atoms with Crippen molar-refractivity contribution in [3.8, 4) is 0 Å². The molecule has 0 spiro atoms. The quantitative estimate of drug-likeness (QED) is 0.900. The molecule has 1 heterocycles. The molecule has 5 heteroatoms. The molecule has 1 amide bonds. The van der Waals surface area contributed by atoms with Gasteiger partial charge in [-0.1, -0.05) is 6.07 Å². The number of rotatable bonds is 2. The second kappa shape index (κ2) is 5.37. The molecule has 0 unspecified atom stereocenters. The summed E-state index contributed by atoms with van der Waals surface area (Å²) in [6.45, 7) is 7.47. The molecule has 0 radical (unpaired) electrons. The Bertz CT molecular complexity index is 528. The Balaban J connectivity index is 2.39. The number of halogens is 1. The van der Waals surface area contributed by atoms with Gasteiger partial charge < -0.3 is 15.5 Å². The van der Waals surface area contributed by atoms with Crippen molar-refractivity contribution in [3.63, 3.8) is 0 Å². The molecule has 0 saturated carbocycles. The first-order chi connectivity index (χ1) is 9.25. The largest absolute Gasteiger partial charge is 0.355 e. The van der Waals surface area contributed by atoms with Gasteiger partial charge in [0.25, 0.3) is 0 Å². The molecule has 20 heavy (non-hydrogen) atoms. The lowest BCUT2D eigenvalue weighted by molar-refractivity contribution is -0.136. The van der Waals surface area contributed by atoms with Crippen molar-refractivity contribution in [1.29, 1.82) is 0 Å². The van der Waals surface area contributed by atoms with Crippen LogP contribution in [0.4, 0.5) is 5.69 Å². The Morgan fingerprint density at radius 3 is 2.55 bits per heavy atom. The summed E-state index contributed by atoms with van der Waals surface area (Å²) in [6, 6.07) is 6.12. The third-order valence-electron chi connectivity index (χ3n) is 3.99. The Kier molecular flexibility index (Phi) is 4.12. The summed E-state index contributed by atoms with van der Waals surface area (Å²) in [5.74, 6) is 0.145. The molecular formula is C15H22BrN3O. The van der Waals surface area contributed by atoms with Gasteiger partial charge in [0.1, 0.15) is 5.54 Å². The van der Waals surface area contributed by atoms with Gasteiger partial charge in [-0.15, -0.1) is 0 Å². The van der Waals surface area contributed by atoms with Gasteiger partial charge in [0.2, 0.25) is 5.91 Å². The van der Waals surface area contributed by atoms with E-state index in [0.29, 0.717) is 0 Å². The van der Waals surface area contributed by atoms with Gasteiger partial charge in [-0.25, -0.2) is 0 Å². The number of amides is 1. The lowest BCUT2D eigenvalue weighted by Gasteiger charge is -2.46. The predicted octanol–water partition coefficient (Wildman–Crippen LogP) is 2.53. The van der Waals surface area contributed by atoms with Crippen molar-refractivity contribution in [2.75, 3.05) is 25.0 Å². The standard InChI is InChI=1S/C15H22BrN3O/c1-10(17)11-5-6-13(12(16)9-11)19-8-7-18(4)14(20)15(19,2)3/h5-6,9-10H,7-8,17H2,1-4H3/t10-/m0/s1. The van der Waals surface area contributed by atoms with Crippen LogP contribution < -0.4 is 10.6 Å². The minimum atomic E-state index is -0.536. The van der Waals surface area contributed by atoms with Crippen molar-refractivity contribution < 1.29 is 4.79 Å². The number of carbonyl (C=O) groups is 1. The first-order valence-corrected chi connectivity index (χ1v) is 7.62. The van der Waals surface area contributed by atoms with Crippen LogP contribution in [0.5, 0.6) is 0 Å². The van der Waals surface area contributed by atoms with Crippen molar-refractivity contribution in [1.82, 2.24) is 4.90 Å². The highest BCUT2D eigenvalue weighted by Gasteiger charge is 2.41. The molecule has 1 aromatic rings. The number of carbonyl (C=O) groups excluding carboxylic acids is 1. The van der Waals surface area contributed by atoms with Crippen LogP contribution in [0, 0.1) is 0 Å². The highest BCUT2D eigenvalue weighted by Crippen LogP contribution is 2.35. The van der Waals surface area contributed by atoms with E-state index in [1.165, 1.54) is 0 Å². The van der Waals surface area contributed by atoms with Gasteiger partial charge in [0.15, 0.2) is 0 Å². The van der Waals surface area contributed by atoms with Crippen molar-refractivity contribution in [2.24, 2.45) is 5.73 Å². The minimum absolute atomic E-state index is 0.00230. The molecule has 0 bridgehead atoms. The Hall–Kier alpha value is -1.07. The normalized spacial score (nSPS) is 20.2. The third kappa shape index (κ3) is 2.56. The fourth-order valence-corrected chi connectivity index (χ4v) is 3.27. The first-order valence-electron chi connectivity index (χ1n) is 6.83. The SMILES string of the molecule is C[C@H](N)c1ccc(N2CCN(C)C(=O)C2(C)C)c(Br)c1. The second-order valence-corrected chi connectivity index (χ2v) is 6.79. The minimum Gasteiger partial charge on any atom is -0.355 e. The number of benzene rings is 1. The van der Waals surface area contributed by atoms with Crippen LogP contribution in [-0.2, 0) is 4.79 Å². The van der Waals surface area contributed by atoms with Gasteiger partial charge in [-0.05, 0) is 54.4 Å². The second-order valence-electron chi connectivity index (χ2n) is 5.94. The van der Waals surface area contributed by atoms with Gasteiger partial charge in [0.05, 0.1) is 5.69 Å². The maximum Gasteiger partial charge on any atom is 0.247 e. The highest BCUT2D eigenvalue weighted by molar-refractivity contribution is 9.10. The molecule has 1 fully saturated rings. The van der Waals surface area contributed by atoms with Crippen LogP contribution >= 0.6 is 15.9 Å². The molecule has 1 aromatic carbocycles. The maximum absolute atomic E-state index is 12.4. The van der Waals surface area contributed by atoms with Gasteiger partial charge in [-0.3, -0.25) is 4.79 Å². The first kappa shape index (κ1) is 15.3. The number of likely N-dealkylation sites (N-methyl/N-ethyl adjacent to an activating group) is 1. The molecule has 4 nitrogen and oxygen atoms in total. The number of piperazine rings is 1. The van der Waals surface area contributed by atoms with Crippen LogP contribution in [0.3, 0.4) is 0 Å². The smallest absolute Gasteiger partial charge is 0.247 e. The zero-order chi connectivity index (χ0) is 15.1. The van der Waals surface area contributed by atoms with Gasteiger partial charge in [-0.2, -0.15) is 0 Å². The van der Waals surface area contributed by atoms with Crippen molar-refractivity contribution in [3.05, 3.63) is 28.2 Å². The third-order valence-corrected chi connectivity index (χ3v) is 4.63. The molecule has 1 saturated heterocycles. The van der Waals surface area contributed by atoms with Crippen molar-refractivity contribution in [2.45, 2.75) is 32.4 Å².